The molecule has 4 heterocycles. The van der Waals surface area contributed by atoms with Crippen molar-refractivity contribution >= 4 is 24.2 Å². The molecule has 9 rings (SSSR count). The molecule has 9 aliphatic rings. The largest absolute Gasteiger partial charge is 0.479 e. The zero-order valence-corrected chi connectivity index (χ0v) is 53.1. The molecule has 0 radical (unpaired) electrons. The number of allylic oxidation sites excluding steroid dienone is 4. The molecule has 4 saturated carbocycles. The van der Waals surface area contributed by atoms with E-state index in [4.69, 9.17) is 47.4 Å². The number of rotatable bonds is 17. The second kappa shape index (κ2) is 26.8. The van der Waals surface area contributed by atoms with Crippen molar-refractivity contribution in [3.8, 4) is 0 Å². The van der Waals surface area contributed by atoms with E-state index >= 15 is 0 Å². The Kier molecular flexibility index (Phi) is 21.1. The van der Waals surface area contributed by atoms with Gasteiger partial charge in [0.25, 0.3) is 0 Å². The van der Waals surface area contributed by atoms with Gasteiger partial charge in [0, 0.05) is 16.6 Å². The van der Waals surface area contributed by atoms with Gasteiger partial charge in [-0.3, -0.25) is 0 Å². The Morgan fingerprint density at radius 2 is 1.18 bits per heavy atom. The normalized spacial score (nSPS) is 50.0. The summed E-state index contributed by atoms with van der Waals surface area (Å²) in [5, 5.41) is 155. The topological polar surface area (TPSA) is 444 Å². The van der Waals surface area contributed by atoms with Gasteiger partial charge in [-0.1, -0.05) is 65.3 Å². The van der Waals surface area contributed by atoms with Gasteiger partial charge in [0.15, 0.2) is 37.4 Å². The van der Waals surface area contributed by atoms with Crippen LogP contribution in [0.25, 0.3) is 0 Å². The van der Waals surface area contributed by atoms with Crippen LogP contribution >= 0.6 is 0 Å². The number of carbonyl (C=O) groups excluding carboxylic acids is 3. The lowest BCUT2D eigenvalue weighted by atomic mass is 9.33. The molecule has 8 fully saturated rings. The molecule has 4 aliphatic heterocycles. The first-order valence-electron chi connectivity index (χ1n) is 31.6. The highest BCUT2D eigenvalue weighted by Crippen LogP contribution is 2.76. The Morgan fingerprint density at radius 3 is 1.76 bits per heavy atom. The van der Waals surface area contributed by atoms with Gasteiger partial charge in [-0.25, -0.2) is 14.4 Å². The molecule has 4 saturated heterocycles. The van der Waals surface area contributed by atoms with Crippen molar-refractivity contribution in [1.82, 2.24) is 0 Å². The number of aliphatic hydroxyl groups is 13. The van der Waals surface area contributed by atoms with Crippen LogP contribution in [-0.2, 0) is 66.5 Å². The van der Waals surface area contributed by atoms with Crippen LogP contribution in [0, 0.1) is 50.2 Å². The van der Waals surface area contributed by atoms with E-state index in [1.165, 1.54) is 0 Å². The number of ether oxygens (including phenoxy) is 10. The minimum atomic E-state index is -2.36. The molecule has 516 valence electrons. The van der Waals surface area contributed by atoms with Gasteiger partial charge in [0.2, 0.25) is 0 Å². The summed E-state index contributed by atoms with van der Waals surface area (Å²) in [6.45, 7) is 15.4. The maximum absolute atomic E-state index is 14.3. The summed E-state index contributed by atoms with van der Waals surface area (Å²) < 4.78 is 61.1. The van der Waals surface area contributed by atoms with E-state index in [0.717, 1.165) is 11.9 Å². The Bertz CT molecular complexity index is 2740. The Balaban J connectivity index is 1.07. The minimum Gasteiger partial charge on any atom is -0.479 e. The van der Waals surface area contributed by atoms with Gasteiger partial charge in [0.1, 0.15) is 97.8 Å². The number of aliphatic hydroxyl groups excluding tert-OH is 13. The van der Waals surface area contributed by atoms with E-state index in [-0.39, 0.29) is 24.3 Å². The third-order valence-electron chi connectivity index (χ3n) is 23.3. The Morgan fingerprint density at radius 1 is 0.615 bits per heavy atom. The van der Waals surface area contributed by atoms with Gasteiger partial charge < -0.3 is 124 Å². The number of esters is 2. The fraction of sp³-hybridized carbons (Fsp3) is 0.841. The molecule has 0 aromatic rings. The van der Waals surface area contributed by atoms with Crippen LogP contribution in [0.15, 0.2) is 34.9 Å². The third-order valence-corrected chi connectivity index (χ3v) is 23.3. The number of carboxylic acids is 1. The SMILES string of the molecule is C/C=C(/C)C(=O)O[C@H]1[C@H](OC(=O)/C(C)=C\C)[C@@]2(CO)C(CC1(C)C)C1=CCC3[C@@]4(C)CC[C@H](O[C@@H]5O[C@H](C(=O)O)[C@@H](O)[C@H](O[C@@H]6O[C@H](CO)[C@H](O)[C@H](O)[C@H]6O[C@@H]6OC[C@@H](O)[C@H](O)[C@H]6O)[C@H]5O[C@@H]5O[C@H](CO)[C@H](O)[C@H](O)[C@H]5O)[C@@](C)(C=O)C4CC[C@@]3(C)[C@]1(C)C[C@H]2O. The molecule has 28 heteroatoms. The lowest BCUT2D eigenvalue weighted by Gasteiger charge is -2.72. The van der Waals surface area contributed by atoms with Crippen molar-refractivity contribution in [1.29, 1.82) is 0 Å². The second-order valence-corrected chi connectivity index (χ2v) is 28.5. The fourth-order valence-electron chi connectivity index (χ4n) is 17.4. The van der Waals surface area contributed by atoms with E-state index in [9.17, 15) is 90.7 Å². The fourth-order valence-corrected chi connectivity index (χ4v) is 17.4. The monoisotopic (exact) mass is 1300 g/mol. The number of aliphatic carboxylic acids is 1. The van der Waals surface area contributed by atoms with Crippen LogP contribution in [0.5, 0.6) is 0 Å². The number of fused-ring (bicyclic) bond motifs is 7. The molecular weight excluding hydrogens is 1200 g/mol. The summed E-state index contributed by atoms with van der Waals surface area (Å²) in [7, 11) is 0. The van der Waals surface area contributed by atoms with E-state index in [0.29, 0.717) is 37.7 Å². The molecule has 0 amide bonds. The standard InChI is InChI=1S/C63H96O28/c1-11-26(3)52(80)90-49-50(91-53(81)27(4)12-2)63(25-67)29(19-58(49,5)6)28-13-14-34-59(7)17-16-36(60(8,24-66)33(59)15-18-61(34,9)62(28,10)20-35(63)69)85-57-48(89-55-43(76)40(73)38(71)31(21-64)83-55)45(44(77)46(87-57)51(78)79)86-56-47(41(74)39(72)32(22-65)84-56)88-54-42(75)37(70)30(68)23-82-54/h11-13,24,29-50,54-57,64-65,67-77H,14-23,25H2,1-10H3,(H,78,79)/b26-11-,27-12-/t29?,30-,31-,32-,33?,34?,35-,36+,37+,38+,39+,40+,41+,42-,43-,44+,45+,46+,47-,48-,49+,50+,54+,55+,56+,57-,59+,60+,61-,62-,63+/m1/s1. The Labute approximate surface area is 527 Å². The predicted molar refractivity (Wildman–Crippen MR) is 308 cm³/mol. The molecule has 5 aliphatic carbocycles. The van der Waals surface area contributed by atoms with Gasteiger partial charge in [0.05, 0.1) is 49.5 Å². The maximum Gasteiger partial charge on any atom is 0.335 e. The van der Waals surface area contributed by atoms with Crippen molar-refractivity contribution in [3.63, 3.8) is 0 Å². The molecule has 0 aromatic heterocycles. The minimum absolute atomic E-state index is 0.0766. The van der Waals surface area contributed by atoms with Crippen molar-refractivity contribution in [2.45, 2.75) is 255 Å². The first kappa shape index (κ1) is 71.7. The van der Waals surface area contributed by atoms with Crippen LogP contribution in [0.2, 0.25) is 0 Å². The number of carboxylic acid groups (broad SMARTS) is 1. The first-order valence-corrected chi connectivity index (χ1v) is 31.6. The van der Waals surface area contributed by atoms with E-state index in [1.807, 2.05) is 13.8 Å². The lowest BCUT2D eigenvalue weighted by Crippen LogP contribution is -2.72. The molecule has 3 unspecified atom stereocenters. The van der Waals surface area contributed by atoms with Crippen molar-refractivity contribution in [3.05, 3.63) is 34.9 Å². The highest BCUT2D eigenvalue weighted by molar-refractivity contribution is 5.89. The van der Waals surface area contributed by atoms with E-state index in [1.54, 1.807) is 46.8 Å². The smallest absolute Gasteiger partial charge is 0.335 e. The van der Waals surface area contributed by atoms with Crippen molar-refractivity contribution in [2.24, 2.45) is 50.2 Å². The van der Waals surface area contributed by atoms with Crippen LogP contribution < -0.4 is 0 Å². The van der Waals surface area contributed by atoms with Gasteiger partial charge in [-0.05, 0) is 107 Å². The first-order chi connectivity index (χ1) is 42.7. The third kappa shape index (κ3) is 11.9. The molecule has 28 nitrogen and oxygen atoms in total. The molecular formula is C63H96O28. The van der Waals surface area contributed by atoms with Crippen molar-refractivity contribution in [2.75, 3.05) is 26.4 Å². The summed E-state index contributed by atoms with van der Waals surface area (Å²) in [5.41, 5.74) is -4.43. The number of carbonyl (C=O) groups is 4. The molecule has 31 atom stereocenters. The molecule has 0 aromatic carbocycles. The van der Waals surface area contributed by atoms with Gasteiger partial charge >= 0.3 is 17.9 Å². The summed E-state index contributed by atoms with van der Waals surface area (Å²) in [4.78, 5) is 55.1. The van der Waals surface area contributed by atoms with Crippen LogP contribution in [0.4, 0.5) is 0 Å². The summed E-state index contributed by atoms with van der Waals surface area (Å²) in [6, 6.07) is 0. The summed E-state index contributed by atoms with van der Waals surface area (Å²) in [5.74, 6) is -4.42. The number of hydrogen-bond acceptors (Lipinski definition) is 27. The highest BCUT2D eigenvalue weighted by Gasteiger charge is 2.74. The summed E-state index contributed by atoms with van der Waals surface area (Å²) in [6.07, 6.45) is -34.5. The summed E-state index contributed by atoms with van der Waals surface area (Å²) >= 11 is 0. The molecule has 0 spiro atoms. The molecule has 0 bridgehead atoms. The predicted octanol–water partition coefficient (Wildman–Crippen LogP) is -1.70. The second-order valence-electron chi connectivity index (χ2n) is 28.5. The number of hydrogen-bond donors (Lipinski definition) is 14. The quantitative estimate of drug-likeness (QED) is 0.0254. The molecule has 91 heavy (non-hydrogen) atoms. The van der Waals surface area contributed by atoms with Gasteiger partial charge in [-0.2, -0.15) is 0 Å². The van der Waals surface area contributed by atoms with E-state index < -0.39 is 230 Å². The highest BCUT2D eigenvalue weighted by atomic mass is 16.8. The average Bonchev–Trinajstić information content (AvgIpc) is 0.672. The van der Waals surface area contributed by atoms with Crippen molar-refractivity contribution < 1.29 is 138 Å². The van der Waals surface area contributed by atoms with E-state index in [2.05, 4.69) is 26.8 Å². The van der Waals surface area contributed by atoms with Gasteiger partial charge in [-0.15, -0.1) is 0 Å². The zero-order valence-electron chi connectivity index (χ0n) is 53.1. The van der Waals surface area contributed by atoms with Crippen LogP contribution in [0.3, 0.4) is 0 Å². The average molecular weight is 1300 g/mol. The zero-order chi connectivity index (χ0) is 67.2. The number of aldehydes is 1. The lowest BCUT2D eigenvalue weighted by molar-refractivity contribution is -0.404. The van der Waals surface area contributed by atoms with Crippen LogP contribution in [-0.4, -0.2) is 263 Å². The maximum atomic E-state index is 14.3. The Hall–Kier alpha value is -3.54. The van der Waals surface area contributed by atoms with Crippen LogP contribution in [0.1, 0.15) is 114 Å². The molecule has 14 N–H and O–H groups in total.